The van der Waals surface area contributed by atoms with Crippen molar-refractivity contribution in [1.82, 2.24) is 10.0 Å². The van der Waals surface area contributed by atoms with Crippen LogP contribution in [0.15, 0.2) is 0 Å². The zero-order valence-electron chi connectivity index (χ0n) is 12.7. The highest BCUT2D eigenvalue weighted by atomic mass is 32.2. The number of sulfonamides is 1. The van der Waals surface area contributed by atoms with Crippen LogP contribution < -0.4 is 10.0 Å². The lowest BCUT2D eigenvalue weighted by atomic mass is 9.88. The fraction of sp³-hybridized carbons (Fsp3) is 1.00. The Labute approximate surface area is 127 Å². The van der Waals surface area contributed by atoms with Crippen LogP contribution in [-0.2, 0) is 10.0 Å². The van der Waals surface area contributed by atoms with Gasteiger partial charge in [-0.3, -0.25) is 0 Å². The zero-order chi connectivity index (χ0) is 14.6. The van der Waals surface area contributed by atoms with E-state index >= 15 is 0 Å². The molecule has 118 valence electrons. The van der Waals surface area contributed by atoms with E-state index in [9.17, 15) is 8.42 Å². The van der Waals surface area contributed by atoms with E-state index in [-0.39, 0.29) is 10.00 Å². The first-order valence-corrected chi connectivity index (χ1v) is 10.5. The molecule has 1 atom stereocenters. The van der Waals surface area contributed by atoms with E-state index in [0.717, 1.165) is 12.8 Å². The molecule has 0 spiro atoms. The van der Waals surface area contributed by atoms with Gasteiger partial charge in [0.25, 0.3) is 0 Å². The van der Waals surface area contributed by atoms with Crippen LogP contribution in [0, 0.1) is 0 Å². The lowest BCUT2D eigenvalue weighted by Crippen LogP contribution is -2.46. The highest BCUT2D eigenvalue weighted by Gasteiger charge is 2.33. The third-order valence-corrected chi connectivity index (χ3v) is 7.79. The third kappa shape index (κ3) is 4.61. The number of thioether (sulfide) groups is 1. The summed E-state index contributed by atoms with van der Waals surface area (Å²) in [6.45, 7) is 2.95. The summed E-state index contributed by atoms with van der Waals surface area (Å²) in [6.07, 6.45) is 10.5. The first-order chi connectivity index (χ1) is 9.47. The van der Waals surface area contributed by atoms with Gasteiger partial charge in [-0.25, -0.2) is 13.1 Å². The van der Waals surface area contributed by atoms with E-state index in [2.05, 4.69) is 16.3 Å². The Morgan fingerprint density at radius 2 is 1.90 bits per heavy atom. The van der Waals surface area contributed by atoms with Crippen molar-refractivity contribution in [2.75, 3.05) is 19.3 Å². The van der Waals surface area contributed by atoms with E-state index in [4.69, 9.17) is 0 Å². The quantitative estimate of drug-likeness (QED) is 0.719. The summed E-state index contributed by atoms with van der Waals surface area (Å²) in [5.74, 6) is 0. The van der Waals surface area contributed by atoms with Crippen molar-refractivity contribution in [3.8, 4) is 0 Å². The molecule has 0 aromatic carbocycles. The molecule has 2 N–H and O–H groups in total. The second-order valence-electron chi connectivity index (χ2n) is 6.31. The maximum absolute atomic E-state index is 12.3. The molecule has 0 bridgehead atoms. The lowest BCUT2D eigenvalue weighted by Gasteiger charge is -2.36. The molecule has 2 fully saturated rings. The molecule has 2 aliphatic rings. The van der Waals surface area contributed by atoms with Gasteiger partial charge in [0.2, 0.25) is 10.0 Å². The van der Waals surface area contributed by atoms with Crippen molar-refractivity contribution in [2.45, 2.75) is 67.9 Å². The molecule has 2 aliphatic carbocycles. The van der Waals surface area contributed by atoms with Crippen LogP contribution in [0.25, 0.3) is 0 Å². The molecule has 0 radical (unpaired) electrons. The molecule has 0 heterocycles. The van der Waals surface area contributed by atoms with Gasteiger partial charge in [0.05, 0.1) is 5.25 Å². The van der Waals surface area contributed by atoms with Crippen molar-refractivity contribution in [2.24, 2.45) is 0 Å². The van der Waals surface area contributed by atoms with E-state index in [1.165, 1.54) is 32.1 Å². The van der Waals surface area contributed by atoms with Crippen molar-refractivity contribution >= 4 is 21.8 Å². The van der Waals surface area contributed by atoms with Crippen LogP contribution in [-0.4, -0.2) is 43.8 Å². The Bertz CT molecular complexity index is 401. The van der Waals surface area contributed by atoms with Crippen LogP contribution in [0.4, 0.5) is 0 Å². The summed E-state index contributed by atoms with van der Waals surface area (Å²) in [5.41, 5.74) is 0. The van der Waals surface area contributed by atoms with Crippen molar-refractivity contribution in [3.63, 3.8) is 0 Å². The van der Waals surface area contributed by atoms with Crippen LogP contribution in [0.3, 0.4) is 0 Å². The topological polar surface area (TPSA) is 58.2 Å². The van der Waals surface area contributed by atoms with Gasteiger partial charge in [-0.2, -0.15) is 11.8 Å². The van der Waals surface area contributed by atoms with E-state index < -0.39 is 10.0 Å². The normalized spacial score (nSPS) is 24.5. The van der Waals surface area contributed by atoms with Gasteiger partial charge in [0.1, 0.15) is 0 Å². The molecule has 4 nitrogen and oxygen atoms in total. The molecule has 0 aliphatic heterocycles. The Balaban J connectivity index is 1.82. The second-order valence-corrected chi connectivity index (χ2v) is 9.76. The molecule has 2 saturated carbocycles. The summed E-state index contributed by atoms with van der Waals surface area (Å²) in [6, 6.07) is 0.559. The SMILES string of the molecule is CSC1(CNS(=O)(=O)C(C)CNC2CC2)CCCCC1. The molecule has 20 heavy (non-hydrogen) atoms. The molecule has 0 amide bonds. The Morgan fingerprint density at radius 3 is 2.45 bits per heavy atom. The van der Waals surface area contributed by atoms with Gasteiger partial charge in [-0.05, 0) is 38.9 Å². The largest absolute Gasteiger partial charge is 0.313 e. The molecule has 2 rings (SSSR count). The Morgan fingerprint density at radius 1 is 1.25 bits per heavy atom. The van der Waals surface area contributed by atoms with E-state index in [1.54, 1.807) is 6.92 Å². The summed E-state index contributed by atoms with van der Waals surface area (Å²) in [5, 5.41) is 2.94. The molecule has 0 saturated heterocycles. The minimum atomic E-state index is -3.20. The average molecular weight is 321 g/mol. The maximum Gasteiger partial charge on any atom is 0.215 e. The standard InChI is InChI=1S/C14H28N2O2S2/c1-12(10-15-13-6-7-13)20(17,18)16-11-14(19-2)8-4-3-5-9-14/h12-13,15-16H,3-11H2,1-2H3. The van der Waals surface area contributed by atoms with Crippen LogP contribution >= 0.6 is 11.8 Å². The van der Waals surface area contributed by atoms with Gasteiger partial charge in [0.15, 0.2) is 0 Å². The average Bonchev–Trinajstić information content (AvgIpc) is 3.28. The van der Waals surface area contributed by atoms with Crippen molar-refractivity contribution in [1.29, 1.82) is 0 Å². The Hall–Kier alpha value is 0.220. The monoisotopic (exact) mass is 320 g/mol. The summed E-state index contributed by atoms with van der Waals surface area (Å²) in [4.78, 5) is 0. The third-order valence-electron chi connectivity index (χ3n) is 4.59. The summed E-state index contributed by atoms with van der Waals surface area (Å²) >= 11 is 1.83. The van der Waals surface area contributed by atoms with Gasteiger partial charge in [-0.15, -0.1) is 0 Å². The maximum atomic E-state index is 12.3. The van der Waals surface area contributed by atoms with E-state index in [0.29, 0.717) is 19.1 Å². The Kier molecular flexibility index (Phi) is 5.79. The fourth-order valence-corrected chi connectivity index (χ4v) is 4.84. The van der Waals surface area contributed by atoms with Crippen molar-refractivity contribution in [3.05, 3.63) is 0 Å². The summed E-state index contributed by atoms with van der Waals surface area (Å²) < 4.78 is 27.6. The molecule has 6 heteroatoms. The van der Waals surface area contributed by atoms with Gasteiger partial charge in [-0.1, -0.05) is 19.3 Å². The van der Waals surface area contributed by atoms with Crippen LogP contribution in [0.2, 0.25) is 0 Å². The number of hydrogen-bond acceptors (Lipinski definition) is 4. The van der Waals surface area contributed by atoms with E-state index in [1.807, 2.05) is 11.8 Å². The minimum Gasteiger partial charge on any atom is -0.313 e. The van der Waals surface area contributed by atoms with Gasteiger partial charge >= 0.3 is 0 Å². The molecule has 1 unspecified atom stereocenters. The molecular weight excluding hydrogens is 292 g/mol. The predicted molar refractivity (Wildman–Crippen MR) is 86.7 cm³/mol. The molecular formula is C14H28N2O2S2. The van der Waals surface area contributed by atoms with Gasteiger partial charge < -0.3 is 5.32 Å². The molecule has 0 aromatic heterocycles. The minimum absolute atomic E-state index is 0.120. The number of hydrogen-bond donors (Lipinski definition) is 2. The first kappa shape index (κ1) is 16.6. The van der Waals surface area contributed by atoms with Gasteiger partial charge in [0, 0.05) is 23.9 Å². The van der Waals surface area contributed by atoms with Crippen molar-refractivity contribution < 1.29 is 8.42 Å². The van der Waals surface area contributed by atoms with Crippen LogP contribution in [0.5, 0.6) is 0 Å². The summed E-state index contributed by atoms with van der Waals surface area (Å²) in [7, 11) is -3.20. The zero-order valence-corrected chi connectivity index (χ0v) is 14.3. The lowest BCUT2D eigenvalue weighted by molar-refractivity contribution is 0.394. The van der Waals surface area contributed by atoms with Crippen LogP contribution in [0.1, 0.15) is 51.9 Å². The smallest absolute Gasteiger partial charge is 0.215 e. The first-order valence-electron chi connectivity index (χ1n) is 7.74. The molecule has 0 aromatic rings. The number of nitrogens with one attached hydrogen (secondary N) is 2. The fourth-order valence-electron chi connectivity index (χ4n) is 2.75. The highest BCUT2D eigenvalue weighted by Crippen LogP contribution is 2.38. The number of rotatable bonds is 8. The second kappa shape index (κ2) is 6.99. The predicted octanol–water partition coefficient (Wildman–Crippen LogP) is 2.11. The highest BCUT2D eigenvalue weighted by molar-refractivity contribution is 8.00.